The monoisotopic (exact) mass is 237 g/mol. The van der Waals surface area contributed by atoms with E-state index in [2.05, 4.69) is 18.3 Å². The Bertz CT molecular complexity index is 365. The lowest BCUT2D eigenvalue weighted by Crippen LogP contribution is -2.23. The number of hydrogen-bond donors (Lipinski definition) is 2. The molecule has 94 valence electrons. The predicted molar refractivity (Wildman–Crippen MR) is 66.7 cm³/mol. The highest BCUT2D eigenvalue weighted by Crippen LogP contribution is 2.25. The molecular formula is C13H19NO3. The summed E-state index contributed by atoms with van der Waals surface area (Å²) in [5.41, 5.74) is 1.19. The zero-order chi connectivity index (χ0) is 12.7. The van der Waals surface area contributed by atoms with E-state index in [1.165, 1.54) is 5.56 Å². The third-order valence-electron chi connectivity index (χ3n) is 2.83. The van der Waals surface area contributed by atoms with Gasteiger partial charge < -0.3 is 15.2 Å². The number of methoxy groups -OCH3 is 1. The molecule has 0 aromatic heterocycles. The lowest BCUT2D eigenvalue weighted by atomic mass is 9.93. The van der Waals surface area contributed by atoms with Gasteiger partial charge in [-0.2, -0.15) is 0 Å². The molecule has 1 atom stereocenters. The number of carbonyl (C=O) groups is 1. The van der Waals surface area contributed by atoms with Gasteiger partial charge in [-0.15, -0.1) is 0 Å². The first-order chi connectivity index (χ1) is 8.17. The second-order valence-corrected chi connectivity index (χ2v) is 3.90. The van der Waals surface area contributed by atoms with Crippen molar-refractivity contribution in [1.29, 1.82) is 0 Å². The van der Waals surface area contributed by atoms with E-state index in [4.69, 9.17) is 9.84 Å². The molecule has 1 aromatic carbocycles. The molecule has 1 aromatic rings. The Kier molecular flexibility index (Phi) is 5.33. The van der Waals surface area contributed by atoms with Gasteiger partial charge in [0.05, 0.1) is 7.11 Å². The van der Waals surface area contributed by atoms with Crippen LogP contribution in [0.1, 0.15) is 31.2 Å². The molecule has 1 rings (SSSR count). The first kappa shape index (κ1) is 13.4. The van der Waals surface area contributed by atoms with E-state index in [1.807, 2.05) is 18.2 Å². The first-order valence-electron chi connectivity index (χ1n) is 5.78. The van der Waals surface area contributed by atoms with Crippen LogP contribution >= 0.6 is 0 Å². The van der Waals surface area contributed by atoms with Crippen LogP contribution in [-0.4, -0.2) is 24.9 Å². The van der Waals surface area contributed by atoms with Gasteiger partial charge in [0.2, 0.25) is 0 Å². The molecule has 4 nitrogen and oxygen atoms in total. The molecule has 0 aliphatic carbocycles. The molecule has 0 unspecified atom stereocenters. The lowest BCUT2D eigenvalue weighted by Gasteiger charge is -2.16. The van der Waals surface area contributed by atoms with Crippen LogP contribution in [0.3, 0.4) is 0 Å². The SMILES string of the molecule is CC[C@H](CCNC(=O)O)c1cccc(OC)c1. The average Bonchev–Trinajstić information content (AvgIpc) is 2.34. The van der Waals surface area contributed by atoms with Crippen LogP contribution in [0.4, 0.5) is 4.79 Å². The molecule has 0 saturated carbocycles. The predicted octanol–water partition coefficient (Wildman–Crippen LogP) is 2.85. The fourth-order valence-corrected chi connectivity index (χ4v) is 1.86. The van der Waals surface area contributed by atoms with Crippen LogP contribution in [0, 0.1) is 0 Å². The van der Waals surface area contributed by atoms with Crippen molar-refractivity contribution in [1.82, 2.24) is 5.32 Å². The van der Waals surface area contributed by atoms with Crippen LogP contribution in [-0.2, 0) is 0 Å². The number of carboxylic acid groups (broad SMARTS) is 1. The first-order valence-corrected chi connectivity index (χ1v) is 5.78. The molecule has 0 bridgehead atoms. The zero-order valence-electron chi connectivity index (χ0n) is 10.3. The maximum absolute atomic E-state index is 10.4. The van der Waals surface area contributed by atoms with Crippen molar-refractivity contribution in [2.45, 2.75) is 25.7 Å². The molecule has 4 heteroatoms. The Morgan fingerprint density at radius 1 is 1.53 bits per heavy atom. The van der Waals surface area contributed by atoms with Crippen molar-refractivity contribution in [3.05, 3.63) is 29.8 Å². The Labute approximate surface area is 102 Å². The molecular weight excluding hydrogens is 218 g/mol. The molecule has 17 heavy (non-hydrogen) atoms. The van der Waals surface area contributed by atoms with Gasteiger partial charge >= 0.3 is 6.09 Å². The number of ether oxygens (including phenoxy) is 1. The highest BCUT2D eigenvalue weighted by atomic mass is 16.5. The second kappa shape index (κ2) is 6.78. The van der Waals surface area contributed by atoms with Crippen LogP contribution in [0.5, 0.6) is 5.75 Å². The molecule has 0 aliphatic heterocycles. The summed E-state index contributed by atoms with van der Waals surface area (Å²) < 4.78 is 5.18. The van der Waals surface area contributed by atoms with Gasteiger partial charge in [0.1, 0.15) is 5.75 Å². The van der Waals surface area contributed by atoms with Crippen LogP contribution in [0.2, 0.25) is 0 Å². The van der Waals surface area contributed by atoms with E-state index in [9.17, 15) is 4.79 Å². The van der Waals surface area contributed by atoms with Gasteiger partial charge in [0.25, 0.3) is 0 Å². The van der Waals surface area contributed by atoms with Crippen molar-refractivity contribution in [2.24, 2.45) is 0 Å². The third-order valence-corrected chi connectivity index (χ3v) is 2.83. The van der Waals surface area contributed by atoms with Gasteiger partial charge in [0, 0.05) is 6.54 Å². The van der Waals surface area contributed by atoms with Gasteiger partial charge in [0.15, 0.2) is 0 Å². The molecule has 1 amide bonds. The number of amides is 1. The summed E-state index contributed by atoms with van der Waals surface area (Å²) in [6, 6.07) is 7.93. The van der Waals surface area contributed by atoms with E-state index < -0.39 is 6.09 Å². The van der Waals surface area contributed by atoms with Gasteiger partial charge in [-0.25, -0.2) is 4.79 Å². The Hall–Kier alpha value is -1.71. The van der Waals surface area contributed by atoms with E-state index in [0.29, 0.717) is 12.5 Å². The van der Waals surface area contributed by atoms with E-state index >= 15 is 0 Å². The Morgan fingerprint density at radius 2 is 2.29 bits per heavy atom. The molecule has 0 radical (unpaired) electrons. The molecule has 0 spiro atoms. The highest BCUT2D eigenvalue weighted by molar-refractivity contribution is 5.64. The van der Waals surface area contributed by atoms with Gasteiger partial charge in [-0.3, -0.25) is 0 Å². The smallest absolute Gasteiger partial charge is 0.404 e. The van der Waals surface area contributed by atoms with Crippen molar-refractivity contribution in [2.75, 3.05) is 13.7 Å². The normalized spacial score (nSPS) is 11.9. The zero-order valence-corrected chi connectivity index (χ0v) is 10.3. The summed E-state index contributed by atoms with van der Waals surface area (Å²) >= 11 is 0. The van der Waals surface area contributed by atoms with Gasteiger partial charge in [-0.05, 0) is 36.5 Å². The molecule has 0 aliphatic rings. The molecule has 2 N–H and O–H groups in total. The van der Waals surface area contributed by atoms with Crippen molar-refractivity contribution in [3.8, 4) is 5.75 Å². The number of rotatable bonds is 6. The van der Waals surface area contributed by atoms with E-state index in [1.54, 1.807) is 7.11 Å². The minimum Gasteiger partial charge on any atom is -0.497 e. The van der Waals surface area contributed by atoms with Crippen LogP contribution in [0.15, 0.2) is 24.3 Å². The molecule has 0 fully saturated rings. The summed E-state index contributed by atoms with van der Waals surface area (Å²) in [7, 11) is 1.64. The van der Waals surface area contributed by atoms with Crippen molar-refractivity contribution >= 4 is 6.09 Å². The maximum Gasteiger partial charge on any atom is 0.404 e. The summed E-state index contributed by atoms with van der Waals surface area (Å²) in [4.78, 5) is 10.4. The number of hydrogen-bond acceptors (Lipinski definition) is 2. The summed E-state index contributed by atoms with van der Waals surface area (Å²) in [5, 5.41) is 10.9. The van der Waals surface area contributed by atoms with Crippen molar-refractivity contribution in [3.63, 3.8) is 0 Å². The Balaban J connectivity index is 2.62. The van der Waals surface area contributed by atoms with Crippen LogP contribution < -0.4 is 10.1 Å². The lowest BCUT2D eigenvalue weighted by molar-refractivity contribution is 0.194. The third kappa shape index (κ3) is 4.34. The summed E-state index contributed by atoms with van der Waals surface area (Å²) in [6.45, 7) is 2.58. The van der Waals surface area contributed by atoms with E-state index in [0.717, 1.165) is 18.6 Å². The highest BCUT2D eigenvalue weighted by Gasteiger charge is 2.10. The maximum atomic E-state index is 10.4. The largest absolute Gasteiger partial charge is 0.497 e. The quantitative estimate of drug-likeness (QED) is 0.799. The van der Waals surface area contributed by atoms with Crippen LogP contribution in [0.25, 0.3) is 0 Å². The van der Waals surface area contributed by atoms with Gasteiger partial charge in [-0.1, -0.05) is 19.1 Å². The molecule has 0 saturated heterocycles. The second-order valence-electron chi connectivity index (χ2n) is 3.90. The average molecular weight is 237 g/mol. The minimum atomic E-state index is -0.967. The fourth-order valence-electron chi connectivity index (χ4n) is 1.86. The number of nitrogens with one attached hydrogen (secondary N) is 1. The summed E-state index contributed by atoms with van der Waals surface area (Å²) in [5.74, 6) is 1.20. The minimum absolute atomic E-state index is 0.358. The topological polar surface area (TPSA) is 58.6 Å². The standard InChI is InChI=1S/C13H19NO3/c1-3-10(7-8-14-13(15)16)11-5-4-6-12(9-11)17-2/h4-6,9-10,14H,3,7-8H2,1-2H3,(H,15,16)/t10-/m1/s1. The molecule has 0 heterocycles. The fraction of sp³-hybridized carbons (Fsp3) is 0.462. The summed E-state index contributed by atoms with van der Waals surface area (Å²) in [6.07, 6.45) is 0.815. The van der Waals surface area contributed by atoms with Crippen molar-refractivity contribution < 1.29 is 14.6 Å². The Morgan fingerprint density at radius 3 is 2.88 bits per heavy atom. The number of benzene rings is 1. The van der Waals surface area contributed by atoms with E-state index in [-0.39, 0.29) is 0 Å².